The second kappa shape index (κ2) is 3.41. The molecule has 0 bridgehead atoms. The first-order valence-electron chi connectivity index (χ1n) is 4.07. The largest absolute Gasteiger partial charge is 0.342 e. The van der Waals surface area contributed by atoms with Gasteiger partial charge in [-0.15, -0.1) is 0 Å². The Morgan fingerprint density at radius 3 is 2.79 bits per heavy atom. The SMILES string of the molecule is O=C(c1ncc[nH]1)c1ccccc1F. The molecule has 1 aromatic heterocycles. The molecule has 0 atom stereocenters. The molecule has 0 unspecified atom stereocenters. The van der Waals surface area contributed by atoms with Crippen LogP contribution in [0.3, 0.4) is 0 Å². The van der Waals surface area contributed by atoms with E-state index in [2.05, 4.69) is 9.97 Å². The Kier molecular flexibility index (Phi) is 2.10. The summed E-state index contributed by atoms with van der Waals surface area (Å²) < 4.78 is 13.2. The van der Waals surface area contributed by atoms with Crippen LogP contribution in [0, 0.1) is 5.82 Å². The fraction of sp³-hybridized carbons (Fsp3) is 0. The number of imidazole rings is 1. The zero-order valence-corrected chi connectivity index (χ0v) is 7.20. The Bertz CT molecular complexity index is 451. The smallest absolute Gasteiger partial charge is 0.231 e. The highest BCUT2D eigenvalue weighted by atomic mass is 19.1. The summed E-state index contributed by atoms with van der Waals surface area (Å²) >= 11 is 0. The topological polar surface area (TPSA) is 45.8 Å². The number of nitrogens with one attached hydrogen (secondary N) is 1. The molecule has 0 spiro atoms. The van der Waals surface area contributed by atoms with Crippen LogP contribution in [-0.4, -0.2) is 15.8 Å². The van der Waals surface area contributed by atoms with E-state index in [0.717, 1.165) is 0 Å². The van der Waals surface area contributed by atoms with Gasteiger partial charge in [0.05, 0.1) is 5.56 Å². The molecular formula is C10H7FN2O. The lowest BCUT2D eigenvalue weighted by Crippen LogP contribution is -2.05. The van der Waals surface area contributed by atoms with Gasteiger partial charge in [0.1, 0.15) is 5.82 Å². The summed E-state index contributed by atoms with van der Waals surface area (Å²) in [6.07, 6.45) is 2.97. The first-order valence-corrected chi connectivity index (χ1v) is 4.07. The van der Waals surface area contributed by atoms with Crippen molar-refractivity contribution >= 4 is 5.78 Å². The van der Waals surface area contributed by atoms with Gasteiger partial charge in [-0.3, -0.25) is 4.79 Å². The van der Waals surface area contributed by atoms with Gasteiger partial charge >= 0.3 is 0 Å². The lowest BCUT2D eigenvalue weighted by molar-refractivity contribution is 0.102. The second-order valence-corrected chi connectivity index (χ2v) is 2.75. The summed E-state index contributed by atoms with van der Waals surface area (Å²) in [7, 11) is 0. The highest BCUT2D eigenvalue weighted by Crippen LogP contribution is 2.10. The van der Waals surface area contributed by atoms with Crippen molar-refractivity contribution in [2.24, 2.45) is 0 Å². The van der Waals surface area contributed by atoms with E-state index in [1.54, 1.807) is 6.07 Å². The third-order valence-corrected chi connectivity index (χ3v) is 1.83. The minimum atomic E-state index is -0.533. The predicted molar refractivity (Wildman–Crippen MR) is 48.4 cm³/mol. The number of ketones is 1. The maximum absolute atomic E-state index is 13.2. The molecule has 1 N–H and O–H groups in total. The number of carbonyl (C=O) groups excluding carboxylic acids is 1. The van der Waals surface area contributed by atoms with Gasteiger partial charge in [-0.25, -0.2) is 9.37 Å². The van der Waals surface area contributed by atoms with Crippen molar-refractivity contribution in [2.45, 2.75) is 0 Å². The maximum Gasteiger partial charge on any atom is 0.231 e. The van der Waals surface area contributed by atoms with Crippen LogP contribution in [0.1, 0.15) is 16.2 Å². The minimum absolute atomic E-state index is 0.0300. The minimum Gasteiger partial charge on any atom is -0.342 e. The molecule has 1 aromatic carbocycles. The van der Waals surface area contributed by atoms with Gasteiger partial charge in [0.25, 0.3) is 0 Å². The predicted octanol–water partition coefficient (Wildman–Crippen LogP) is 1.78. The lowest BCUT2D eigenvalue weighted by Gasteiger charge is -1.98. The molecule has 1 heterocycles. The van der Waals surface area contributed by atoms with Gasteiger partial charge in [-0.05, 0) is 12.1 Å². The molecule has 70 valence electrons. The molecule has 0 saturated carbocycles. The number of nitrogens with zero attached hydrogens (tertiary/aromatic N) is 1. The molecule has 0 aliphatic heterocycles. The number of carbonyl (C=O) groups is 1. The number of H-pyrrole nitrogens is 1. The van der Waals surface area contributed by atoms with Crippen LogP contribution in [0.4, 0.5) is 4.39 Å². The molecule has 0 radical (unpaired) electrons. The summed E-state index contributed by atoms with van der Waals surface area (Å²) in [6.45, 7) is 0. The van der Waals surface area contributed by atoms with Crippen molar-refractivity contribution in [3.05, 3.63) is 53.9 Å². The average molecular weight is 190 g/mol. The molecular weight excluding hydrogens is 183 g/mol. The molecule has 0 aliphatic carbocycles. The zero-order valence-electron chi connectivity index (χ0n) is 7.20. The van der Waals surface area contributed by atoms with Crippen molar-refractivity contribution in [1.29, 1.82) is 0 Å². The van der Waals surface area contributed by atoms with Crippen LogP contribution in [0.2, 0.25) is 0 Å². The Morgan fingerprint density at radius 2 is 2.14 bits per heavy atom. The number of aromatic amines is 1. The summed E-state index contributed by atoms with van der Waals surface area (Å²) in [5, 5.41) is 0. The maximum atomic E-state index is 13.2. The average Bonchev–Trinajstić information content (AvgIpc) is 2.70. The standard InChI is InChI=1S/C10H7FN2O/c11-8-4-2-1-3-7(8)9(14)10-12-5-6-13-10/h1-6H,(H,12,13). The Morgan fingerprint density at radius 1 is 1.36 bits per heavy atom. The highest BCUT2D eigenvalue weighted by molar-refractivity contribution is 6.06. The number of aromatic nitrogens is 2. The summed E-state index contributed by atoms with van der Waals surface area (Å²) in [5.74, 6) is -0.822. The Hall–Kier alpha value is -1.97. The Labute approximate surface area is 79.6 Å². The van der Waals surface area contributed by atoms with E-state index in [9.17, 15) is 9.18 Å². The summed E-state index contributed by atoms with van der Waals surface area (Å²) in [5.41, 5.74) is 0.0300. The van der Waals surface area contributed by atoms with E-state index in [-0.39, 0.29) is 11.4 Å². The molecule has 2 aromatic rings. The molecule has 0 fully saturated rings. The van der Waals surface area contributed by atoms with Gasteiger partial charge in [0, 0.05) is 12.4 Å². The van der Waals surface area contributed by atoms with Crippen LogP contribution < -0.4 is 0 Å². The first-order chi connectivity index (χ1) is 6.79. The van der Waals surface area contributed by atoms with E-state index in [1.165, 1.54) is 30.6 Å². The van der Waals surface area contributed by atoms with E-state index in [0.29, 0.717) is 0 Å². The second-order valence-electron chi connectivity index (χ2n) is 2.75. The molecule has 2 rings (SSSR count). The number of hydrogen-bond donors (Lipinski definition) is 1. The molecule has 4 heteroatoms. The van der Waals surface area contributed by atoms with Crippen molar-refractivity contribution in [2.75, 3.05) is 0 Å². The monoisotopic (exact) mass is 190 g/mol. The van der Waals surface area contributed by atoms with Gasteiger partial charge in [0.2, 0.25) is 5.78 Å². The third-order valence-electron chi connectivity index (χ3n) is 1.83. The van der Waals surface area contributed by atoms with Gasteiger partial charge < -0.3 is 4.98 Å². The van der Waals surface area contributed by atoms with Crippen LogP contribution in [0.25, 0.3) is 0 Å². The van der Waals surface area contributed by atoms with Gasteiger partial charge in [-0.1, -0.05) is 12.1 Å². The van der Waals surface area contributed by atoms with E-state index >= 15 is 0 Å². The van der Waals surface area contributed by atoms with Crippen molar-refractivity contribution in [3.8, 4) is 0 Å². The number of hydrogen-bond acceptors (Lipinski definition) is 2. The highest BCUT2D eigenvalue weighted by Gasteiger charge is 2.14. The number of rotatable bonds is 2. The molecule has 0 aliphatic rings. The fourth-order valence-corrected chi connectivity index (χ4v) is 1.16. The van der Waals surface area contributed by atoms with E-state index < -0.39 is 11.6 Å². The van der Waals surface area contributed by atoms with Crippen molar-refractivity contribution < 1.29 is 9.18 Å². The molecule has 0 amide bonds. The van der Waals surface area contributed by atoms with Crippen molar-refractivity contribution in [1.82, 2.24) is 9.97 Å². The van der Waals surface area contributed by atoms with Gasteiger partial charge in [-0.2, -0.15) is 0 Å². The molecule has 0 saturated heterocycles. The van der Waals surface area contributed by atoms with Crippen LogP contribution in [0.5, 0.6) is 0 Å². The molecule has 3 nitrogen and oxygen atoms in total. The quantitative estimate of drug-likeness (QED) is 0.733. The van der Waals surface area contributed by atoms with Crippen LogP contribution in [-0.2, 0) is 0 Å². The van der Waals surface area contributed by atoms with Gasteiger partial charge in [0.15, 0.2) is 5.82 Å². The lowest BCUT2D eigenvalue weighted by atomic mass is 10.1. The Balaban J connectivity index is 2.42. The third kappa shape index (κ3) is 1.42. The zero-order chi connectivity index (χ0) is 9.97. The van der Waals surface area contributed by atoms with Crippen molar-refractivity contribution in [3.63, 3.8) is 0 Å². The van der Waals surface area contributed by atoms with Crippen LogP contribution in [0.15, 0.2) is 36.7 Å². The summed E-state index contributed by atoms with van der Waals surface area (Å²) in [6, 6.07) is 5.82. The fourth-order valence-electron chi connectivity index (χ4n) is 1.16. The summed E-state index contributed by atoms with van der Waals surface area (Å²) in [4.78, 5) is 18.0. The van der Waals surface area contributed by atoms with Crippen LogP contribution >= 0.6 is 0 Å². The number of benzene rings is 1. The number of halogens is 1. The van der Waals surface area contributed by atoms with E-state index in [4.69, 9.17) is 0 Å². The normalized spacial score (nSPS) is 10.1. The molecule has 14 heavy (non-hydrogen) atoms. The van der Waals surface area contributed by atoms with E-state index in [1.807, 2.05) is 0 Å². The first kappa shape index (κ1) is 8.62.